The summed E-state index contributed by atoms with van der Waals surface area (Å²) in [5.41, 5.74) is 0. The highest BCUT2D eigenvalue weighted by atomic mass is 15.4. The van der Waals surface area contributed by atoms with Crippen LogP contribution in [0.2, 0.25) is 0 Å². The first-order valence-electron chi connectivity index (χ1n) is 7.78. The SMILES string of the molecule is CC1CCc2nc(CC3CCN(C(C)C)C3)nn2C1. The second-order valence-electron chi connectivity index (χ2n) is 6.72. The molecule has 2 aliphatic heterocycles. The molecule has 106 valence electrons. The van der Waals surface area contributed by atoms with Crippen molar-refractivity contribution in [2.45, 2.75) is 59.0 Å². The van der Waals surface area contributed by atoms with Crippen molar-refractivity contribution < 1.29 is 0 Å². The summed E-state index contributed by atoms with van der Waals surface area (Å²) in [7, 11) is 0. The molecule has 0 saturated carbocycles. The molecule has 0 amide bonds. The molecule has 2 unspecified atom stereocenters. The van der Waals surface area contributed by atoms with Crippen LogP contribution in [-0.2, 0) is 19.4 Å². The highest BCUT2D eigenvalue weighted by molar-refractivity contribution is 4.98. The minimum atomic E-state index is 0.675. The molecule has 1 aromatic rings. The van der Waals surface area contributed by atoms with Gasteiger partial charge in [0.1, 0.15) is 5.82 Å². The number of fused-ring (bicyclic) bond motifs is 1. The Kier molecular flexibility index (Phi) is 3.61. The Bertz CT molecular complexity index is 437. The molecule has 4 heteroatoms. The van der Waals surface area contributed by atoms with E-state index in [-0.39, 0.29) is 0 Å². The van der Waals surface area contributed by atoms with E-state index in [1.54, 1.807) is 0 Å². The number of hydrogen-bond donors (Lipinski definition) is 0. The lowest BCUT2D eigenvalue weighted by atomic mass is 10.0. The van der Waals surface area contributed by atoms with Crippen molar-refractivity contribution in [2.24, 2.45) is 11.8 Å². The fraction of sp³-hybridized carbons (Fsp3) is 0.867. The van der Waals surface area contributed by atoms with E-state index in [1.165, 1.54) is 31.8 Å². The molecule has 1 aromatic heterocycles. The van der Waals surface area contributed by atoms with Crippen LogP contribution < -0.4 is 0 Å². The number of nitrogens with zero attached hydrogens (tertiary/aromatic N) is 4. The summed E-state index contributed by atoms with van der Waals surface area (Å²) in [4.78, 5) is 7.32. The predicted octanol–water partition coefficient (Wildman–Crippen LogP) is 2.13. The van der Waals surface area contributed by atoms with Crippen LogP contribution in [0.4, 0.5) is 0 Å². The normalized spacial score (nSPS) is 28.0. The van der Waals surface area contributed by atoms with Crippen LogP contribution in [-0.4, -0.2) is 38.8 Å². The van der Waals surface area contributed by atoms with Crippen molar-refractivity contribution in [3.05, 3.63) is 11.6 Å². The lowest BCUT2D eigenvalue weighted by Gasteiger charge is -2.19. The van der Waals surface area contributed by atoms with Crippen molar-refractivity contribution >= 4 is 0 Å². The Labute approximate surface area is 116 Å². The third-order valence-corrected chi connectivity index (χ3v) is 4.66. The van der Waals surface area contributed by atoms with Gasteiger partial charge in [0.2, 0.25) is 0 Å². The summed E-state index contributed by atoms with van der Waals surface area (Å²) >= 11 is 0. The topological polar surface area (TPSA) is 34.0 Å². The lowest BCUT2D eigenvalue weighted by Crippen LogP contribution is -2.28. The maximum atomic E-state index is 4.75. The minimum Gasteiger partial charge on any atom is -0.301 e. The van der Waals surface area contributed by atoms with Crippen LogP contribution in [0.3, 0.4) is 0 Å². The van der Waals surface area contributed by atoms with Crippen molar-refractivity contribution in [3.8, 4) is 0 Å². The van der Waals surface area contributed by atoms with Crippen LogP contribution in [0.25, 0.3) is 0 Å². The number of likely N-dealkylation sites (tertiary alicyclic amines) is 1. The van der Waals surface area contributed by atoms with E-state index in [4.69, 9.17) is 10.1 Å². The molecule has 2 atom stereocenters. The van der Waals surface area contributed by atoms with E-state index in [0.717, 1.165) is 37.0 Å². The molecule has 19 heavy (non-hydrogen) atoms. The maximum absolute atomic E-state index is 4.75. The van der Waals surface area contributed by atoms with E-state index < -0.39 is 0 Å². The van der Waals surface area contributed by atoms with Gasteiger partial charge in [-0.2, -0.15) is 5.10 Å². The number of hydrogen-bond acceptors (Lipinski definition) is 3. The van der Waals surface area contributed by atoms with Crippen molar-refractivity contribution in [1.82, 2.24) is 19.7 Å². The van der Waals surface area contributed by atoms with Gasteiger partial charge in [0.25, 0.3) is 0 Å². The molecule has 0 N–H and O–H groups in total. The van der Waals surface area contributed by atoms with E-state index in [9.17, 15) is 0 Å². The van der Waals surface area contributed by atoms with Gasteiger partial charge < -0.3 is 4.90 Å². The summed E-state index contributed by atoms with van der Waals surface area (Å²) < 4.78 is 2.15. The monoisotopic (exact) mass is 262 g/mol. The van der Waals surface area contributed by atoms with Crippen molar-refractivity contribution in [1.29, 1.82) is 0 Å². The van der Waals surface area contributed by atoms with Crippen LogP contribution in [0.1, 0.15) is 45.3 Å². The highest BCUT2D eigenvalue weighted by Crippen LogP contribution is 2.23. The van der Waals surface area contributed by atoms with Gasteiger partial charge in [-0.3, -0.25) is 0 Å². The Balaban J connectivity index is 1.62. The zero-order chi connectivity index (χ0) is 13.4. The number of aryl methyl sites for hydroxylation is 1. The van der Waals surface area contributed by atoms with Crippen molar-refractivity contribution in [3.63, 3.8) is 0 Å². The minimum absolute atomic E-state index is 0.675. The van der Waals surface area contributed by atoms with Gasteiger partial charge in [0, 0.05) is 32.0 Å². The lowest BCUT2D eigenvalue weighted by molar-refractivity contribution is 0.264. The fourth-order valence-electron chi connectivity index (χ4n) is 3.36. The van der Waals surface area contributed by atoms with E-state index in [0.29, 0.717) is 6.04 Å². The third kappa shape index (κ3) is 2.83. The molecule has 0 radical (unpaired) electrons. The van der Waals surface area contributed by atoms with E-state index >= 15 is 0 Å². The predicted molar refractivity (Wildman–Crippen MR) is 76.0 cm³/mol. The Morgan fingerprint density at radius 2 is 2.11 bits per heavy atom. The molecule has 3 heterocycles. The van der Waals surface area contributed by atoms with Gasteiger partial charge >= 0.3 is 0 Å². The second kappa shape index (κ2) is 5.23. The Hall–Kier alpha value is -0.900. The van der Waals surface area contributed by atoms with Gasteiger partial charge in [-0.1, -0.05) is 6.92 Å². The Morgan fingerprint density at radius 3 is 2.84 bits per heavy atom. The molecule has 3 rings (SSSR count). The molecule has 1 fully saturated rings. The van der Waals surface area contributed by atoms with E-state index in [1.807, 2.05) is 0 Å². The summed E-state index contributed by atoms with van der Waals surface area (Å²) in [6, 6.07) is 0.675. The summed E-state index contributed by atoms with van der Waals surface area (Å²) in [6.07, 6.45) is 4.75. The first-order chi connectivity index (χ1) is 9.11. The molecule has 4 nitrogen and oxygen atoms in total. The Morgan fingerprint density at radius 1 is 1.26 bits per heavy atom. The molecule has 0 aliphatic carbocycles. The van der Waals surface area contributed by atoms with Crippen LogP contribution in [0.15, 0.2) is 0 Å². The number of rotatable bonds is 3. The highest BCUT2D eigenvalue weighted by Gasteiger charge is 2.26. The van der Waals surface area contributed by atoms with Gasteiger partial charge in [-0.05, 0) is 45.1 Å². The maximum Gasteiger partial charge on any atom is 0.151 e. The van der Waals surface area contributed by atoms with Crippen molar-refractivity contribution in [2.75, 3.05) is 13.1 Å². The molecule has 0 aromatic carbocycles. The summed E-state index contributed by atoms with van der Waals surface area (Å²) in [5.74, 6) is 3.81. The number of aromatic nitrogens is 3. The largest absolute Gasteiger partial charge is 0.301 e. The molecule has 0 bridgehead atoms. The zero-order valence-corrected chi connectivity index (χ0v) is 12.5. The van der Waals surface area contributed by atoms with Gasteiger partial charge in [-0.15, -0.1) is 0 Å². The van der Waals surface area contributed by atoms with Gasteiger partial charge in [0.05, 0.1) is 0 Å². The first kappa shape index (κ1) is 13.1. The van der Waals surface area contributed by atoms with Gasteiger partial charge in [-0.25, -0.2) is 9.67 Å². The summed E-state index contributed by atoms with van der Waals surface area (Å²) in [6.45, 7) is 10.4. The van der Waals surface area contributed by atoms with Crippen LogP contribution in [0.5, 0.6) is 0 Å². The first-order valence-corrected chi connectivity index (χ1v) is 7.78. The molecule has 1 saturated heterocycles. The molecule has 0 spiro atoms. The zero-order valence-electron chi connectivity index (χ0n) is 12.5. The molecular weight excluding hydrogens is 236 g/mol. The average Bonchev–Trinajstić information content (AvgIpc) is 2.95. The standard InChI is InChI=1S/C15H26N4/c1-11(2)18-7-6-13(10-18)8-14-16-15-5-4-12(3)9-19(15)17-14/h11-13H,4-10H2,1-3H3. The van der Waals surface area contributed by atoms with Crippen LogP contribution >= 0.6 is 0 Å². The fourth-order valence-corrected chi connectivity index (χ4v) is 3.36. The summed E-state index contributed by atoms with van der Waals surface area (Å²) in [5, 5.41) is 4.72. The van der Waals surface area contributed by atoms with Gasteiger partial charge in [0.15, 0.2) is 5.82 Å². The average molecular weight is 262 g/mol. The molecular formula is C15H26N4. The quantitative estimate of drug-likeness (QED) is 0.837. The van der Waals surface area contributed by atoms with Crippen LogP contribution in [0, 0.1) is 11.8 Å². The second-order valence-corrected chi connectivity index (χ2v) is 6.72. The third-order valence-electron chi connectivity index (χ3n) is 4.66. The van der Waals surface area contributed by atoms with E-state index in [2.05, 4.69) is 30.4 Å². The smallest absolute Gasteiger partial charge is 0.151 e. The molecule has 2 aliphatic rings.